The third-order valence-corrected chi connectivity index (χ3v) is 2.96. The molecule has 2 nitrogen and oxygen atoms in total. The van der Waals surface area contributed by atoms with Gasteiger partial charge in [0.05, 0.1) is 10.7 Å². The summed E-state index contributed by atoms with van der Waals surface area (Å²) >= 11 is 17.0. The molecule has 0 radical (unpaired) electrons. The Bertz CT molecular complexity index is 593. The minimum absolute atomic E-state index is 0.437. The fourth-order valence-electron chi connectivity index (χ4n) is 1.43. The standard InChI is InChI=1S/C11H8Cl2N2S/c1-6-5-14-11(16)15-10(6)8-3-2-7(12)4-9(8)13/h2-5H,1H3,(H,14,15,16). The first-order chi connectivity index (χ1) is 7.58. The predicted molar refractivity (Wildman–Crippen MR) is 69.6 cm³/mol. The van der Waals surface area contributed by atoms with Gasteiger partial charge in [0, 0.05) is 16.8 Å². The van der Waals surface area contributed by atoms with Gasteiger partial charge in [-0.1, -0.05) is 23.2 Å². The summed E-state index contributed by atoms with van der Waals surface area (Å²) in [5, 5.41) is 1.20. The van der Waals surface area contributed by atoms with Crippen LogP contribution in [0.25, 0.3) is 11.3 Å². The Morgan fingerprint density at radius 1 is 1.31 bits per heavy atom. The second kappa shape index (κ2) is 4.53. The number of H-pyrrole nitrogens is 1. The first-order valence-corrected chi connectivity index (χ1v) is 5.75. The fraction of sp³-hybridized carbons (Fsp3) is 0.0909. The molecule has 1 aromatic heterocycles. The van der Waals surface area contributed by atoms with Crippen molar-refractivity contribution < 1.29 is 0 Å². The van der Waals surface area contributed by atoms with Crippen LogP contribution < -0.4 is 0 Å². The molecule has 1 aromatic carbocycles. The van der Waals surface area contributed by atoms with E-state index < -0.39 is 0 Å². The summed E-state index contributed by atoms with van der Waals surface area (Å²) in [6.07, 6.45) is 1.72. The van der Waals surface area contributed by atoms with E-state index in [0.717, 1.165) is 16.8 Å². The average Bonchev–Trinajstić information content (AvgIpc) is 2.22. The van der Waals surface area contributed by atoms with Crippen molar-refractivity contribution >= 4 is 35.4 Å². The number of benzene rings is 1. The van der Waals surface area contributed by atoms with E-state index in [4.69, 9.17) is 35.4 Å². The molecule has 1 N–H and O–H groups in total. The van der Waals surface area contributed by atoms with Crippen LogP contribution in [0.3, 0.4) is 0 Å². The first kappa shape index (κ1) is 11.6. The van der Waals surface area contributed by atoms with Crippen molar-refractivity contribution in [1.29, 1.82) is 0 Å². The van der Waals surface area contributed by atoms with E-state index in [1.54, 1.807) is 18.3 Å². The Labute approximate surface area is 108 Å². The minimum atomic E-state index is 0.437. The smallest absolute Gasteiger partial charge is 0.197 e. The fourth-order valence-corrected chi connectivity index (χ4v) is 2.09. The van der Waals surface area contributed by atoms with Crippen LogP contribution in [-0.2, 0) is 0 Å². The van der Waals surface area contributed by atoms with Crippen molar-refractivity contribution in [2.45, 2.75) is 6.92 Å². The molecular formula is C11H8Cl2N2S. The lowest BCUT2D eigenvalue weighted by molar-refractivity contribution is 1.11. The lowest BCUT2D eigenvalue weighted by Crippen LogP contribution is -1.92. The molecule has 0 saturated heterocycles. The predicted octanol–water partition coefficient (Wildman–Crippen LogP) is 4.42. The topological polar surface area (TPSA) is 28.7 Å². The first-order valence-electron chi connectivity index (χ1n) is 4.59. The van der Waals surface area contributed by atoms with Crippen LogP contribution in [0.1, 0.15) is 5.56 Å². The number of aromatic nitrogens is 2. The normalized spacial score (nSPS) is 10.4. The zero-order valence-electron chi connectivity index (χ0n) is 8.42. The van der Waals surface area contributed by atoms with Gasteiger partial charge in [-0.3, -0.25) is 0 Å². The molecule has 2 aromatic rings. The van der Waals surface area contributed by atoms with Crippen LogP contribution in [0.2, 0.25) is 10.0 Å². The van der Waals surface area contributed by atoms with Crippen molar-refractivity contribution in [2.24, 2.45) is 0 Å². The summed E-state index contributed by atoms with van der Waals surface area (Å²) in [5.41, 5.74) is 2.73. The second-order valence-electron chi connectivity index (χ2n) is 3.37. The third kappa shape index (κ3) is 2.26. The van der Waals surface area contributed by atoms with E-state index in [9.17, 15) is 0 Å². The Kier molecular flexibility index (Phi) is 3.28. The summed E-state index contributed by atoms with van der Waals surface area (Å²) in [7, 11) is 0. The van der Waals surface area contributed by atoms with Gasteiger partial charge in [0.25, 0.3) is 0 Å². The highest BCUT2D eigenvalue weighted by Gasteiger charge is 2.07. The van der Waals surface area contributed by atoms with Gasteiger partial charge in [-0.05, 0) is 42.9 Å². The molecule has 0 spiro atoms. The lowest BCUT2D eigenvalue weighted by Gasteiger charge is -2.07. The third-order valence-electron chi connectivity index (χ3n) is 2.20. The maximum Gasteiger partial charge on any atom is 0.197 e. The molecule has 5 heteroatoms. The van der Waals surface area contributed by atoms with Gasteiger partial charge >= 0.3 is 0 Å². The monoisotopic (exact) mass is 270 g/mol. The second-order valence-corrected chi connectivity index (χ2v) is 4.60. The van der Waals surface area contributed by atoms with Crippen molar-refractivity contribution in [3.8, 4) is 11.3 Å². The summed E-state index contributed by atoms with van der Waals surface area (Å²) < 4.78 is 0.437. The van der Waals surface area contributed by atoms with E-state index in [1.165, 1.54) is 0 Å². The zero-order valence-corrected chi connectivity index (χ0v) is 10.7. The molecule has 0 aliphatic heterocycles. The molecule has 0 aliphatic carbocycles. The van der Waals surface area contributed by atoms with Gasteiger partial charge in [0.2, 0.25) is 0 Å². The summed E-state index contributed by atoms with van der Waals surface area (Å²) in [5.74, 6) is 0. The lowest BCUT2D eigenvalue weighted by atomic mass is 10.1. The number of halogens is 2. The maximum atomic E-state index is 6.13. The Morgan fingerprint density at radius 2 is 2.06 bits per heavy atom. The van der Waals surface area contributed by atoms with E-state index in [2.05, 4.69) is 9.97 Å². The molecule has 0 aliphatic rings. The quantitative estimate of drug-likeness (QED) is 0.778. The molecule has 0 fully saturated rings. The van der Waals surface area contributed by atoms with Crippen molar-refractivity contribution in [3.05, 3.63) is 44.8 Å². The minimum Gasteiger partial charge on any atom is -0.330 e. The van der Waals surface area contributed by atoms with Crippen LogP contribution in [0.5, 0.6) is 0 Å². The van der Waals surface area contributed by atoms with Gasteiger partial charge in [-0.2, -0.15) is 0 Å². The van der Waals surface area contributed by atoms with Crippen LogP contribution in [0.4, 0.5) is 0 Å². The van der Waals surface area contributed by atoms with Crippen LogP contribution in [0.15, 0.2) is 24.4 Å². The summed E-state index contributed by atoms with van der Waals surface area (Å²) in [4.78, 5) is 7.03. The van der Waals surface area contributed by atoms with E-state index in [1.807, 2.05) is 13.0 Å². The Balaban J connectivity index is 2.67. The summed E-state index contributed by atoms with van der Waals surface area (Å²) in [6, 6.07) is 5.35. The Hall–Kier alpha value is -0.900. The van der Waals surface area contributed by atoms with Crippen molar-refractivity contribution in [1.82, 2.24) is 9.97 Å². The maximum absolute atomic E-state index is 6.13. The molecule has 16 heavy (non-hydrogen) atoms. The number of aromatic amines is 1. The van der Waals surface area contributed by atoms with Gasteiger partial charge in [-0.15, -0.1) is 0 Å². The van der Waals surface area contributed by atoms with Crippen molar-refractivity contribution in [3.63, 3.8) is 0 Å². The highest BCUT2D eigenvalue weighted by Crippen LogP contribution is 2.30. The van der Waals surface area contributed by atoms with Crippen LogP contribution >= 0.6 is 35.4 Å². The van der Waals surface area contributed by atoms with E-state index in [-0.39, 0.29) is 0 Å². The molecule has 0 bridgehead atoms. The number of hydrogen-bond acceptors (Lipinski definition) is 2. The van der Waals surface area contributed by atoms with Gasteiger partial charge in [0.15, 0.2) is 4.77 Å². The molecule has 0 unspecified atom stereocenters. The summed E-state index contributed by atoms with van der Waals surface area (Å²) in [6.45, 7) is 1.94. The largest absolute Gasteiger partial charge is 0.330 e. The molecular weight excluding hydrogens is 263 g/mol. The highest BCUT2D eigenvalue weighted by molar-refractivity contribution is 7.71. The van der Waals surface area contributed by atoms with Crippen molar-refractivity contribution in [2.75, 3.05) is 0 Å². The van der Waals surface area contributed by atoms with Crippen LogP contribution in [-0.4, -0.2) is 9.97 Å². The molecule has 0 amide bonds. The number of aryl methyl sites for hydroxylation is 1. The number of hydrogen-bond donors (Lipinski definition) is 1. The average molecular weight is 271 g/mol. The van der Waals surface area contributed by atoms with Crippen LogP contribution in [0, 0.1) is 11.7 Å². The Morgan fingerprint density at radius 3 is 2.75 bits per heavy atom. The SMILES string of the molecule is Cc1cnc(=S)[nH]c1-c1ccc(Cl)cc1Cl. The zero-order chi connectivity index (χ0) is 11.7. The van der Waals surface area contributed by atoms with E-state index >= 15 is 0 Å². The molecule has 1 heterocycles. The molecule has 82 valence electrons. The molecule has 2 rings (SSSR count). The molecule has 0 atom stereocenters. The van der Waals surface area contributed by atoms with Gasteiger partial charge < -0.3 is 4.98 Å². The van der Waals surface area contributed by atoms with E-state index in [0.29, 0.717) is 14.8 Å². The van der Waals surface area contributed by atoms with Gasteiger partial charge in [-0.25, -0.2) is 4.98 Å². The highest BCUT2D eigenvalue weighted by atomic mass is 35.5. The number of nitrogens with one attached hydrogen (secondary N) is 1. The number of rotatable bonds is 1. The van der Waals surface area contributed by atoms with Gasteiger partial charge in [0.1, 0.15) is 0 Å². The molecule has 0 saturated carbocycles. The number of nitrogens with zero attached hydrogens (tertiary/aromatic N) is 1.